The lowest BCUT2D eigenvalue weighted by molar-refractivity contribution is 0.333. The van der Waals surface area contributed by atoms with Crippen LogP contribution >= 0.6 is 38.9 Å². The molecule has 0 aromatic carbocycles. The molecule has 0 spiro atoms. The predicted molar refractivity (Wildman–Crippen MR) is 89.4 cm³/mol. The zero-order chi connectivity index (χ0) is 20.3. The van der Waals surface area contributed by atoms with Crippen molar-refractivity contribution < 1.29 is 42.9 Å². The van der Waals surface area contributed by atoms with Gasteiger partial charge < -0.3 is 13.6 Å². The summed E-state index contributed by atoms with van der Waals surface area (Å²) in [5.74, 6) is 0. The van der Waals surface area contributed by atoms with Gasteiger partial charge in [-0.1, -0.05) is 0 Å². The fraction of sp³-hybridized carbons (Fsp3) is 1.00. The maximum atomic E-state index is 14.8. The minimum atomic E-state index is -6.42. The molecular weight excluding hydrogens is 478 g/mol. The Kier molecular flexibility index (Phi) is 8.43. The van der Waals surface area contributed by atoms with E-state index in [0.29, 0.717) is 0 Å². The molecule has 26 heavy (non-hydrogen) atoms. The summed E-state index contributed by atoms with van der Waals surface area (Å²) in [6.07, 6.45) is 0. The molecular formula is C6H15F7N5O3P5. The van der Waals surface area contributed by atoms with E-state index >= 15 is 0 Å². The van der Waals surface area contributed by atoms with Gasteiger partial charge in [0, 0.05) is 0 Å². The van der Waals surface area contributed by atoms with E-state index in [9.17, 15) is 29.4 Å². The van der Waals surface area contributed by atoms with Crippen LogP contribution in [-0.2, 0) is 13.6 Å². The molecule has 0 saturated heterocycles. The van der Waals surface area contributed by atoms with Crippen molar-refractivity contribution in [3.8, 4) is 0 Å². The van der Waals surface area contributed by atoms with Gasteiger partial charge in [-0.15, -0.1) is 39.4 Å². The minimum absolute atomic E-state index is 0.559. The molecule has 3 atom stereocenters. The summed E-state index contributed by atoms with van der Waals surface area (Å²) in [6.45, 7) is 1.67. The van der Waals surface area contributed by atoms with Crippen LogP contribution in [0.3, 0.4) is 0 Å². The van der Waals surface area contributed by atoms with Crippen molar-refractivity contribution in [3.05, 3.63) is 0 Å². The average Bonchev–Trinajstić information content (AvgIpc) is 2.32. The molecule has 0 N–H and O–H groups in total. The Bertz CT molecular complexity index is 791. The van der Waals surface area contributed by atoms with E-state index in [1.165, 1.54) is 6.92 Å². The molecule has 0 saturated carbocycles. The number of hydrogen-bond donors (Lipinski definition) is 0. The highest BCUT2D eigenvalue weighted by Crippen LogP contribution is 2.82. The molecule has 0 fully saturated rings. The molecule has 1 aliphatic rings. The molecule has 1 heterocycles. The standard InChI is InChI=1S/C6H15F7N5O3P5/c1-4-19-24(11)15-22(7,8)14-23(9,10)16-25(12,20-5-2)18-26(13,17-24)21-6-3/h4-6H2,1-3H3. The van der Waals surface area contributed by atoms with Crippen molar-refractivity contribution in [2.24, 2.45) is 22.6 Å². The number of hydrogen-bond acceptors (Lipinski definition) is 8. The van der Waals surface area contributed by atoms with Gasteiger partial charge in [0.15, 0.2) is 0 Å². The third-order valence-corrected chi connectivity index (χ3v) is 12.5. The van der Waals surface area contributed by atoms with Gasteiger partial charge in [0.25, 0.3) is 0 Å². The third kappa shape index (κ3) is 7.51. The molecule has 1 aliphatic heterocycles. The molecule has 20 heteroatoms. The lowest BCUT2D eigenvalue weighted by Gasteiger charge is -2.19. The fourth-order valence-electron chi connectivity index (χ4n) is 1.40. The van der Waals surface area contributed by atoms with Crippen molar-refractivity contribution in [1.82, 2.24) is 0 Å². The molecule has 0 aromatic heterocycles. The zero-order valence-electron chi connectivity index (χ0n) is 13.5. The van der Waals surface area contributed by atoms with E-state index in [0.717, 1.165) is 13.8 Å². The quantitative estimate of drug-likeness (QED) is 0.273. The van der Waals surface area contributed by atoms with Crippen LogP contribution in [0.2, 0.25) is 0 Å². The highest BCUT2D eigenvalue weighted by atomic mass is 31.3. The van der Waals surface area contributed by atoms with E-state index in [4.69, 9.17) is 0 Å². The van der Waals surface area contributed by atoms with E-state index in [-0.39, 0.29) is 0 Å². The fourth-order valence-corrected chi connectivity index (χ4v) is 11.3. The first-order chi connectivity index (χ1) is 11.7. The molecule has 0 bridgehead atoms. The Hall–Kier alpha value is 0.540. The summed E-state index contributed by atoms with van der Waals surface area (Å²) in [5, 5.41) is 0. The highest BCUT2D eigenvalue weighted by Gasteiger charge is 2.40. The maximum absolute atomic E-state index is 14.8. The zero-order valence-corrected chi connectivity index (χ0v) is 17.9. The molecule has 156 valence electrons. The van der Waals surface area contributed by atoms with Gasteiger partial charge in [0.05, 0.1) is 19.8 Å². The summed E-state index contributed by atoms with van der Waals surface area (Å²) in [7, 11) is -29.3. The number of halogens is 7. The molecule has 8 nitrogen and oxygen atoms in total. The van der Waals surface area contributed by atoms with Crippen LogP contribution in [0, 0.1) is 0 Å². The Morgan fingerprint density at radius 1 is 0.500 bits per heavy atom. The van der Waals surface area contributed by atoms with Crippen LogP contribution < -0.4 is 0 Å². The SMILES string of the molecule is CCOP1(F)=NP(F)(F)=NP(F)(F)=NP(F)(OCC)=NP(F)(OCC)=N1. The average molecular weight is 493 g/mol. The lowest BCUT2D eigenvalue weighted by atomic mass is 10.9. The maximum Gasteiger partial charge on any atom is 0.425 e. The van der Waals surface area contributed by atoms with Crippen LogP contribution in [0.1, 0.15) is 20.8 Å². The first-order valence-corrected chi connectivity index (χ1v) is 14.2. The van der Waals surface area contributed by atoms with Gasteiger partial charge >= 0.3 is 38.9 Å². The van der Waals surface area contributed by atoms with E-state index in [1.807, 2.05) is 4.52 Å². The number of rotatable bonds is 6. The van der Waals surface area contributed by atoms with E-state index < -0.39 is 58.7 Å². The number of nitrogens with zero attached hydrogens (tertiary/aromatic N) is 5. The van der Waals surface area contributed by atoms with Gasteiger partial charge in [0.1, 0.15) is 0 Å². The molecule has 1 rings (SSSR count). The molecule has 0 aliphatic carbocycles. The summed E-state index contributed by atoms with van der Waals surface area (Å²) < 4.78 is 124. The van der Waals surface area contributed by atoms with Crippen LogP contribution in [0.15, 0.2) is 22.6 Å². The third-order valence-electron chi connectivity index (χ3n) is 1.97. The first-order valence-electron chi connectivity index (χ1n) is 6.72. The monoisotopic (exact) mass is 493 g/mol. The highest BCUT2D eigenvalue weighted by molar-refractivity contribution is 7.78. The van der Waals surface area contributed by atoms with E-state index in [1.54, 1.807) is 0 Å². The van der Waals surface area contributed by atoms with Crippen molar-refractivity contribution in [1.29, 1.82) is 0 Å². The van der Waals surface area contributed by atoms with Crippen molar-refractivity contribution in [2.75, 3.05) is 19.8 Å². The second-order valence-electron chi connectivity index (χ2n) is 4.03. The van der Waals surface area contributed by atoms with Crippen LogP contribution in [-0.4, -0.2) is 19.8 Å². The van der Waals surface area contributed by atoms with Crippen molar-refractivity contribution in [3.63, 3.8) is 0 Å². The first kappa shape index (κ1) is 24.6. The van der Waals surface area contributed by atoms with Gasteiger partial charge in [-0.3, -0.25) is 0 Å². The van der Waals surface area contributed by atoms with Crippen molar-refractivity contribution >= 4 is 38.9 Å². The van der Waals surface area contributed by atoms with Crippen LogP contribution in [0.25, 0.3) is 0 Å². The lowest BCUT2D eigenvalue weighted by Crippen LogP contribution is -1.88. The van der Waals surface area contributed by atoms with Crippen LogP contribution in [0.4, 0.5) is 29.4 Å². The minimum Gasteiger partial charge on any atom is -0.303 e. The predicted octanol–water partition coefficient (Wildman–Crippen LogP) is 9.63. The Morgan fingerprint density at radius 3 is 1.19 bits per heavy atom. The summed E-state index contributed by atoms with van der Waals surface area (Å²) >= 11 is 0. The Balaban J connectivity index is 4.06. The summed E-state index contributed by atoms with van der Waals surface area (Å²) in [5.41, 5.74) is 0. The smallest absolute Gasteiger partial charge is 0.303 e. The Labute approximate surface area is 145 Å². The molecule has 0 aromatic rings. The van der Waals surface area contributed by atoms with Crippen LogP contribution in [0.5, 0.6) is 0 Å². The molecule has 0 amide bonds. The second-order valence-corrected chi connectivity index (χ2v) is 13.0. The van der Waals surface area contributed by atoms with Gasteiger partial charge in [-0.05, 0) is 20.8 Å². The van der Waals surface area contributed by atoms with Gasteiger partial charge in [-0.2, -0.15) is 12.6 Å². The van der Waals surface area contributed by atoms with Gasteiger partial charge in [-0.25, -0.2) is 0 Å². The molecule has 3 unspecified atom stereocenters. The topological polar surface area (TPSA) is 89.5 Å². The van der Waals surface area contributed by atoms with Gasteiger partial charge in [0.2, 0.25) is 0 Å². The summed E-state index contributed by atoms with van der Waals surface area (Å²) in [6, 6.07) is 0. The molecule has 0 radical (unpaired) electrons. The van der Waals surface area contributed by atoms with Crippen molar-refractivity contribution in [2.45, 2.75) is 20.8 Å². The summed E-state index contributed by atoms with van der Waals surface area (Å²) in [4.78, 5) is 0. The van der Waals surface area contributed by atoms with E-state index in [2.05, 4.69) is 31.6 Å². The Morgan fingerprint density at radius 2 is 0.808 bits per heavy atom. The second kappa shape index (κ2) is 8.91. The normalized spacial score (nSPS) is 36.5. The largest absolute Gasteiger partial charge is 0.425 e.